The fraction of sp³-hybridized carbons (Fsp3) is 0.182. The van der Waals surface area contributed by atoms with E-state index in [1.807, 2.05) is 56.3 Å². The number of nitrogens with one attached hydrogen (secondary N) is 2. The van der Waals surface area contributed by atoms with E-state index in [0.29, 0.717) is 11.3 Å². The normalized spacial score (nSPS) is 11.5. The van der Waals surface area contributed by atoms with Crippen molar-refractivity contribution in [3.05, 3.63) is 75.6 Å². The molecule has 0 saturated carbocycles. The molecule has 3 aromatic rings. The number of carbonyl (C=O) groups excluding carboxylic acids is 1. The minimum atomic E-state index is -0.522. The van der Waals surface area contributed by atoms with Crippen molar-refractivity contribution in [1.82, 2.24) is 9.97 Å². The SMILES string of the molecule is Cc1ccc(C)c(NC(=O)[C@H](C)Sc2nc(-c3ccccc3)c(C#N)c(=O)[nH]2)c1. The third kappa shape index (κ3) is 4.73. The number of aromatic amines is 1. The molecule has 0 fully saturated rings. The monoisotopic (exact) mass is 404 g/mol. The quantitative estimate of drug-likeness (QED) is 0.494. The van der Waals surface area contributed by atoms with Gasteiger partial charge in [0.05, 0.1) is 10.9 Å². The van der Waals surface area contributed by atoms with Crippen molar-refractivity contribution in [3.63, 3.8) is 0 Å². The maximum absolute atomic E-state index is 12.6. The van der Waals surface area contributed by atoms with Gasteiger partial charge in [-0.3, -0.25) is 9.59 Å². The summed E-state index contributed by atoms with van der Waals surface area (Å²) in [7, 11) is 0. The zero-order valence-corrected chi connectivity index (χ0v) is 17.1. The summed E-state index contributed by atoms with van der Waals surface area (Å²) in [5.74, 6) is -0.197. The fourth-order valence-corrected chi connectivity index (χ4v) is 3.54. The molecule has 0 bridgehead atoms. The highest BCUT2D eigenvalue weighted by molar-refractivity contribution is 8.00. The molecule has 6 nitrogen and oxygen atoms in total. The highest BCUT2D eigenvalue weighted by Gasteiger charge is 2.19. The van der Waals surface area contributed by atoms with Crippen molar-refractivity contribution in [1.29, 1.82) is 5.26 Å². The van der Waals surface area contributed by atoms with Crippen LogP contribution < -0.4 is 10.9 Å². The van der Waals surface area contributed by atoms with Crippen LogP contribution in [0.3, 0.4) is 0 Å². The van der Waals surface area contributed by atoms with Gasteiger partial charge in [-0.2, -0.15) is 5.26 Å². The summed E-state index contributed by atoms with van der Waals surface area (Å²) in [6.45, 7) is 5.63. The van der Waals surface area contributed by atoms with Gasteiger partial charge in [-0.15, -0.1) is 0 Å². The molecule has 146 valence electrons. The summed E-state index contributed by atoms with van der Waals surface area (Å²) in [5.41, 5.74) is 3.19. The minimum absolute atomic E-state index is 0.0481. The van der Waals surface area contributed by atoms with E-state index >= 15 is 0 Å². The number of thioether (sulfide) groups is 1. The van der Waals surface area contributed by atoms with Crippen LogP contribution in [0.15, 0.2) is 58.5 Å². The minimum Gasteiger partial charge on any atom is -0.325 e. The number of amides is 1. The van der Waals surface area contributed by atoms with Crippen LogP contribution in [0.5, 0.6) is 0 Å². The van der Waals surface area contributed by atoms with E-state index in [-0.39, 0.29) is 16.6 Å². The average Bonchev–Trinajstić information content (AvgIpc) is 2.71. The lowest BCUT2D eigenvalue weighted by molar-refractivity contribution is -0.115. The number of hydrogen-bond acceptors (Lipinski definition) is 5. The Kier molecular flexibility index (Phi) is 6.15. The summed E-state index contributed by atoms with van der Waals surface area (Å²) in [5, 5.41) is 12.1. The highest BCUT2D eigenvalue weighted by Crippen LogP contribution is 2.25. The Hall–Kier alpha value is -3.37. The highest BCUT2D eigenvalue weighted by atomic mass is 32.2. The molecule has 2 N–H and O–H groups in total. The van der Waals surface area contributed by atoms with Crippen LogP contribution in [0, 0.1) is 25.2 Å². The van der Waals surface area contributed by atoms with Crippen LogP contribution >= 0.6 is 11.8 Å². The number of benzene rings is 2. The third-order valence-electron chi connectivity index (χ3n) is 4.37. The number of rotatable bonds is 5. The maximum Gasteiger partial charge on any atom is 0.270 e. The molecule has 0 spiro atoms. The second-order valence-corrected chi connectivity index (χ2v) is 7.97. The van der Waals surface area contributed by atoms with Crippen LogP contribution in [-0.4, -0.2) is 21.1 Å². The first-order chi connectivity index (χ1) is 13.9. The van der Waals surface area contributed by atoms with Crippen LogP contribution in [0.4, 0.5) is 5.69 Å². The van der Waals surface area contributed by atoms with Gasteiger partial charge in [0.25, 0.3) is 5.56 Å². The molecular weight excluding hydrogens is 384 g/mol. The molecule has 1 atom stereocenters. The summed E-state index contributed by atoms with van der Waals surface area (Å²) in [4.78, 5) is 32.0. The Morgan fingerprint density at radius 2 is 1.93 bits per heavy atom. The second kappa shape index (κ2) is 8.76. The van der Waals surface area contributed by atoms with Crippen molar-refractivity contribution in [3.8, 4) is 17.3 Å². The first kappa shape index (κ1) is 20.4. The predicted octanol–water partition coefficient (Wildman–Crippen LogP) is 4.04. The van der Waals surface area contributed by atoms with Gasteiger partial charge in [0.1, 0.15) is 11.6 Å². The largest absolute Gasteiger partial charge is 0.325 e. The molecule has 29 heavy (non-hydrogen) atoms. The van der Waals surface area contributed by atoms with E-state index < -0.39 is 10.8 Å². The summed E-state index contributed by atoms with van der Waals surface area (Å²) in [6, 6.07) is 16.8. The number of nitriles is 1. The molecule has 0 aliphatic rings. The molecule has 3 rings (SSSR count). The number of anilines is 1. The van der Waals surface area contributed by atoms with Gasteiger partial charge in [-0.05, 0) is 38.0 Å². The van der Waals surface area contributed by atoms with Gasteiger partial charge in [-0.25, -0.2) is 4.98 Å². The van der Waals surface area contributed by atoms with E-state index in [9.17, 15) is 14.9 Å². The fourth-order valence-electron chi connectivity index (χ4n) is 2.74. The van der Waals surface area contributed by atoms with Gasteiger partial charge in [-0.1, -0.05) is 54.2 Å². The molecule has 0 saturated heterocycles. The molecule has 1 heterocycles. The zero-order chi connectivity index (χ0) is 21.0. The number of nitrogens with zero attached hydrogens (tertiary/aromatic N) is 2. The Balaban J connectivity index is 1.85. The van der Waals surface area contributed by atoms with Crippen LogP contribution in [0.25, 0.3) is 11.3 Å². The van der Waals surface area contributed by atoms with E-state index in [0.717, 1.165) is 28.6 Å². The maximum atomic E-state index is 12.6. The van der Waals surface area contributed by atoms with Crippen molar-refractivity contribution in [2.24, 2.45) is 0 Å². The topological polar surface area (TPSA) is 98.6 Å². The molecule has 0 radical (unpaired) electrons. The van der Waals surface area contributed by atoms with Gasteiger partial charge in [0, 0.05) is 11.3 Å². The van der Waals surface area contributed by atoms with Gasteiger partial charge >= 0.3 is 0 Å². The summed E-state index contributed by atoms with van der Waals surface area (Å²) >= 11 is 1.14. The molecule has 2 aromatic carbocycles. The standard InChI is InChI=1S/C22H20N4O2S/c1-13-9-10-14(2)18(11-13)24-20(27)15(3)29-22-25-19(16-7-5-4-6-8-16)17(12-23)21(28)26-22/h4-11,15H,1-3H3,(H,24,27)(H,25,26,28)/t15-/m0/s1. The number of aromatic nitrogens is 2. The molecule has 0 aliphatic carbocycles. The van der Waals surface area contributed by atoms with Crippen molar-refractivity contribution in [2.75, 3.05) is 5.32 Å². The molecule has 1 amide bonds. The number of aryl methyl sites for hydroxylation is 2. The van der Waals surface area contributed by atoms with Crippen LogP contribution in [0.1, 0.15) is 23.6 Å². The van der Waals surface area contributed by atoms with Crippen LogP contribution in [-0.2, 0) is 4.79 Å². The average molecular weight is 404 g/mol. The first-order valence-electron chi connectivity index (χ1n) is 9.03. The molecular formula is C22H20N4O2S. The third-order valence-corrected chi connectivity index (χ3v) is 5.35. The summed E-state index contributed by atoms with van der Waals surface area (Å²) in [6.07, 6.45) is 0. The van der Waals surface area contributed by atoms with E-state index in [4.69, 9.17) is 0 Å². The smallest absolute Gasteiger partial charge is 0.270 e. The molecule has 0 aliphatic heterocycles. The van der Waals surface area contributed by atoms with E-state index in [2.05, 4.69) is 15.3 Å². The Bertz CT molecular complexity index is 1150. The van der Waals surface area contributed by atoms with Gasteiger partial charge < -0.3 is 10.3 Å². The number of hydrogen-bond donors (Lipinski definition) is 2. The number of carbonyl (C=O) groups is 1. The lowest BCUT2D eigenvalue weighted by Crippen LogP contribution is -2.24. The van der Waals surface area contributed by atoms with E-state index in [1.54, 1.807) is 19.1 Å². The van der Waals surface area contributed by atoms with Crippen molar-refractivity contribution < 1.29 is 4.79 Å². The first-order valence-corrected chi connectivity index (χ1v) is 9.91. The molecule has 7 heteroatoms. The van der Waals surface area contributed by atoms with Gasteiger partial charge in [0.15, 0.2) is 5.16 Å². The molecule has 1 aromatic heterocycles. The molecule has 0 unspecified atom stereocenters. The summed E-state index contributed by atoms with van der Waals surface area (Å²) < 4.78 is 0. The number of H-pyrrole nitrogens is 1. The Morgan fingerprint density at radius 1 is 1.21 bits per heavy atom. The lowest BCUT2D eigenvalue weighted by atomic mass is 10.1. The van der Waals surface area contributed by atoms with E-state index in [1.165, 1.54) is 0 Å². The van der Waals surface area contributed by atoms with Crippen molar-refractivity contribution in [2.45, 2.75) is 31.2 Å². The second-order valence-electron chi connectivity index (χ2n) is 6.64. The zero-order valence-electron chi connectivity index (χ0n) is 16.3. The van der Waals surface area contributed by atoms with Gasteiger partial charge in [0.2, 0.25) is 5.91 Å². The van der Waals surface area contributed by atoms with Crippen molar-refractivity contribution >= 4 is 23.4 Å². The predicted molar refractivity (Wildman–Crippen MR) is 115 cm³/mol. The Morgan fingerprint density at radius 3 is 2.62 bits per heavy atom. The Labute approximate surface area is 173 Å². The van der Waals surface area contributed by atoms with Crippen LogP contribution in [0.2, 0.25) is 0 Å². The lowest BCUT2D eigenvalue weighted by Gasteiger charge is -2.14.